The molecular formula is C17H18N4O2S. The highest BCUT2D eigenvalue weighted by molar-refractivity contribution is 7.07. The van der Waals surface area contributed by atoms with Gasteiger partial charge in [0.15, 0.2) is 0 Å². The number of carbonyl (C=O) groups excluding carboxylic acids is 1. The molecule has 2 amide bonds. The average Bonchev–Trinajstić information content (AvgIpc) is 3.23. The van der Waals surface area contributed by atoms with Gasteiger partial charge in [0.05, 0.1) is 11.8 Å². The van der Waals surface area contributed by atoms with Crippen LogP contribution in [0.25, 0.3) is 11.3 Å². The Morgan fingerprint density at radius 2 is 2.12 bits per heavy atom. The van der Waals surface area contributed by atoms with Crippen molar-refractivity contribution >= 4 is 23.1 Å². The molecule has 0 saturated heterocycles. The molecule has 1 atom stereocenters. The van der Waals surface area contributed by atoms with E-state index in [9.17, 15) is 9.90 Å². The lowest BCUT2D eigenvalue weighted by molar-refractivity contribution is 0.175. The first-order valence-electron chi connectivity index (χ1n) is 7.47. The molecular weight excluding hydrogens is 324 g/mol. The number of benzene rings is 1. The second-order valence-corrected chi connectivity index (χ2v) is 6.12. The third-order valence-corrected chi connectivity index (χ3v) is 4.21. The summed E-state index contributed by atoms with van der Waals surface area (Å²) in [5.41, 5.74) is 3.04. The number of nitrogens with one attached hydrogen (secondary N) is 2. The van der Waals surface area contributed by atoms with Crippen molar-refractivity contribution in [3.8, 4) is 11.3 Å². The quantitative estimate of drug-likeness (QED) is 0.667. The van der Waals surface area contributed by atoms with Crippen LogP contribution in [0, 0.1) is 0 Å². The maximum absolute atomic E-state index is 12.1. The Kier molecular flexibility index (Phi) is 4.93. The summed E-state index contributed by atoms with van der Waals surface area (Å²) in [5.74, 6) is 0. The Morgan fingerprint density at radius 3 is 2.83 bits per heavy atom. The normalized spacial score (nSPS) is 11.9. The number of nitrogens with zero attached hydrogens (tertiary/aromatic N) is 2. The summed E-state index contributed by atoms with van der Waals surface area (Å²) in [6.45, 7) is 0.142. The van der Waals surface area contributed by atoms with Crippen LogP contribution in [-0.2, 0) is 7.05 Å². The maximum Gasteiger partial charge on any atom is 0.319 e. The fourth-order valence-electron chi connectivity index (χ4n) is 2.33. The van der Waals surface area contributed by atoms with Crippen molar-refractivity contribution in [2.45, 2.75) is 6.10 Å². The first-order valence-corrected chi connectivity index (χ1v) is 8.42. The number of urea groups is 1. The van der Waals surface area contributed by atoms with E-state index in [0.29, 0.717) is 11.4 Å². The number of hydrogen-bond acceptors (Lipinski definition) is 4. The van der Waals surface area contributed by atoms with E-state index < -0.39 is 6.10 Å². The molecule has 2 heterocycles. The van der Waals surface area contributed by atoms with Gasteiger partial charge in [-0.25, -0.2) is 4.79 Å². The van der Waals surface area contributed by atoms with Gasteiger partial charge in [0, 0.05) is 25.4 Å². The Hall–Kier alpha value is -2.64. The van der Waals surface area contributed by atoms with E-state index in [1.165, 1.54) is 11.3 Å². The second kappa shape index (κ2) is 7.29. The number of aromatic nitrogens is 2. The molecule has 6 nitrogen and oxygen atoms in total. The molecule has 0 aliphatic carbocycles. The maximum atomic E-state index is 12.1. The molecule has 3 rings (SSSR count). The van der Waals surface area contributed by atoms with Crippen molar-refractivity contribution < 1.29 is 9.90 Å². The van der Waals surface area contributed by atoms with Gasteiger partial charge in [0.1, 0.15) is 5.69 Å². The first kappa shape index (κ1) is 16.2. The van der Waals surface area contributed by atoms with E-state index in [0.717, 1.165) is 11.1 Å². The monoisotopic (exact) mass is 342 g/mol. The molecule has 1 unspecified atom stereocenters. The van der Waals surface area contributed by atoms with Gasteiger partial charge in [-0.1, -0.05) is 30.3 Å². The fourth-order valence-corrected chi connectivity index (χ4v) is 3.03. The molecule has 2 aromatic heterocycles. The van der Waals surface area contributed by atoms with Crippen molar-refractivity contribution in [2.75, 3.05) is 11.9 Å². The van der Waals surface area contributed by atoms with Crippen molar-refractivity contribution in [3.63, 3.8) is 0 Å². The van der Waals surface area contributed by atoms with E-state index in [2.05, 4.69) is 15.7 Å². The highest BCUT2D eigenvalue weighted by Crippen LogP contribution is 2.25. The SMILES string of the molecule is Cn1cc(NC(=O)NCC(O)c2ccsc2)c(-c2ccccc2)n1. The number of aryl methyl sites for hydroxylation is 1. The van der Waals surface area contributed by atoms with E-state index in [1.807, 2.05) is 47.2 Å². The lowest BCUT2D eigenvalue weighted by atomic mass is 10.1. The van der Waals surface area contributed by atoms with Crippen molar-refractivity contribution in [2.24, 2.45) is 7.05 Å². The largest absolute Gasteiger partial charge is 0.387 e. The summed E-state index contributed by atoms with van der Waals surface area (Å²) in [5, 5.41) is 23.6. The molecule has 3 N–H and O–H groups in total. The first-order chi connectivity index (χ1) is 11.6. The molecule has 0 saturated carbocycles. The van der Waals surface area contributed by atoms with E-state index in [4.69, 9.17) is 0 Å². The topological polar surface area (TPSA) is 79.2 Å². The molecule has 0 radical (unpaired) electrons. The zero-order valence-corrected chi connectivity index (χ0v) is 14.0. The fraction of sp³-hybridized carbons (Fsp3) is 0.176. The van der Waals surface area contributed by atoms with Crippen LogP contribution in [-0.4, -0.2) is 27.5 Å². The standard InChI is InChI=1S/C17H18N4O2S/c1-21-10-14(16(20-21)12-5-3-2-4-6-12)19-17(23)18-9-15(22)13-7-8-24-11-13/h2-8,10-11,15,22H,9H2,1H3,(H2,18,19,23). The second-order valence-electron chi connectivity index (χ2n) is 5.34. The molecule has 3 aromatic rings. The minimum absolute atomic E-state index is 0.142. The highest BCUT2D eigenvalue weighted by atomic mass is 32.1. The molecule has 0 spiro atoms. The lowest BCUT2D eigenvalue weighted by Crippen LogP contribution is -2.32. The number of carbonyl (C=O) groups is 1. The molecule has 24 heavy (non-hydrogen) atoms. The van der Waals surface area contributed by atoms with Crippen molar-refractivity contribution in [3.05, 3.63) is 58.9 Å². The number of aliphatic hydroxyl groups is 1. The van der Waals surface area contributed by atoms with E-state index in [1.54, 1.807) is 17.9 Å². The molecule has 0 bridgehead atoms. The number of anilines is 1. The van der Waals surface area contributed by atoms with Gasteiger partial charge in [0.25, 0.3) is 0 Å². The Labute approximate surface area is 143 Å². The smallest absolute Gasteiger partial charge is 0.319 e. The minimum atomic E-state index is -0.718. The van der Waals surface area contributed by atoms with Gasteiger partial charge >= 0.3 is 6.03 Å². The van der Waals surface area contributed by atoms with Crippen LogP contribution in [0.1, 0.15) is 11.7 Å². The molecule has 0 aliphatic rings. The van der Waals surface area contributed by atoms with Gasteiger partial charge in [-0.2, -0.15) is 16.4 Å². The molecule has 7 heteroatoms. The molecule has 0 fully saturated rings. The number of amides is 2. The number of thiophene rings is 1. The summed E-state index contributed by atoms with van der Waals surface area (Å²) in [7, 11) is 1.80. The summed E-state index contributed by atoms with van der Waals surface area (Å²) < 4.78 is 1.65. The van der Waals surface area contributed by atoms with E-state index >= 15 is 0 Å². The third-order valence-electron chi connectivity index (χ3n) is 3.51. The van der Waals surface area contributed by atoms with Gasteiger partial charge < -0.3 is 15.7 Å². The summed E-state index contributed by atoms with van der Waals surface area (Å²) >= 11 is 1.51. The van der Waals surface area contributed by atoms with E-state index in [-0.39, 0.29) is 12.6 Å². The Balaban J connectivity index is 1.65. The number of hydrogen-bond donors (Lipinski definition) is 3. The van der Waals surface area contributed by atoms with Crippen LogP contribution in [0.5, 0.6) is 0 Å². The van der Waals surface area contributed by atoms with Crippen LogP contribution >= 0.6 is 11.3 Å². The molecule has 124 valence electrons. The zero-order chi connectivity index (χ0) is 16.9. The Bertz CT molecular complexity index is 799. The van der Waals surface area contributed by atoms with Crippen molar-refractivity contribution in [1.29, 1.82) is 0 Å². The summed E-state index contributed by atoms with van der Waals surface area (Å²) in [6.07, 6.45) is 1.03. The lowest BCUT2D eigenvalue weighted by Gasteiger charge is -2.11. The third kappa shape index (κ3) is 3.81. The predicted octanol–water partition coefficient (Wildman–Crippen LogP) is 3.00. The molecule has 0 aliphatic heterocycles. The summed E-state index contributed by atoms with van der Waals surface area (Å²) in [4.78, 5) is 12.1. The number of aliphatic hydroxyl groups excluding tert-OH is 1. The van der Waals surface area contributed by atoms with Gasteiger partial charge in [-0.05, 0) is 22.4 Å². The van der Waals surface area contributed by atoms with Gasteiger partial charge in [0.2, 0.25) is 0 Å². The highest BCUT2D eigenvalue weighted by Gasteiger charge is 2.14. The molecule has 1 aromatic carbocycles. The number of rotatable bonds is 5. The van der Waals surface area contributed by atoms with Crippen molar-refractivity contribution in [1.82, 2.24) is 15.1 Å². The van der Waals surface area contributed by atoms with Crippen LogP contribution in [0.3, 0.4) is 0 Å². The van der Waals surface area contributed by atoms with Crippen LogP contribution in [0.15, 0.2) is 53.4 Å². The van der Waals surface area contributed by atoms with Crippen LogP contribution < -0.4 is 10.6 Å². The zero-order valence-electron chi connectivity index (χ0n) is 13.1. The Morgan fingerprint density at radius 1 is 1.33 bits per heavy atom. The average molecular weight is 342 g/mol. The van der Waals surface area contributed by atoms with Gasteiger partial charge in [-0.15, -0.1) is 0 Å². The minimum Gasteiger partial charge on any atom is -0.387 e. The van der Waals surface area contributed by atoms with Gasteiger partial charge in [-0.3, -0.25) is 4.68 Å². The van der Waals surface area contributed by atoms with Crippen LogP contribution in [0.4, 0.5) is 10.5 Å². The van der Waals surface area contributed by atoms with Crippen LogP contribution in [0.2, 0.25) is 0 Å². The summed E-state index contributed by atoms with van der Waals surface area (Å²) in [6, 6.07) is 11.1. The predicted molar refractivity (Wildman–Crippen MR) is 94.9 cm³/mol.